The van der Waals surface area contributed by atoms with E-state index >= 15 is 0 Å². The third-order valence-corrected chi connectivity index (χ3v) is 5.22. The highest BCUT2D eigenvalue weighted by molar-refractivity contribution is 6.35. The summed E-state index contributed by atoms with van der Waals surface area (Å²) in [4.78, 5) is 13.1. The van der Waals surface area contributed by atoms with Crippen LogP contribution in [0.5, 0.6) is 5.75 Å². The number of aliphatic hydroxyl groups excluding tert-OH is 4. The molecule has 0 radical (unpaired) electrons. The molecule has 0 saturated carbocycles. The molecule has 2 aromatic carbocycles. The number of hydrogen-bond donors (Lipinski definition) is 4. The Morgan fingerprint density at radius 3 is 2.48 bits per heavy atom. The molecule has 5 atom stereocenters. The van der Waals surface area contributed by atoms with Gasteiger partial charge in [-0.2, -0.15) is 0 Å². The van der Waals surface area contributed by atoms with Crippen molar-refractivity contribution in [3.8, 4) is 5.75 Å². The molecule has 7 nitrogen and oxygen atoms in total. The number of halogens is 1. The summed E-state index contributed by atoms with van der Waals surface area (Å²) in [7, 11) is 0. The summed E-state index contributed by atoms with van der Waals surface area (Å²) in [6, 6.07) is 11.3. The summed E-state index contributed by atoms with van der Waals surface area (Å²) in [6.07, 6.45) is -6.53. The molecule has 29 heavy (non-hydrogen) atoms. The molecule has 0 aliphatic carbocycles. The molecule has 1 fully saturated rings. The van der Waals surface area contributed by atoms with E-state index in [2.05, 4.69) is 0 Å². The maximum atomic E-state index is 13.1. The van der Waals surface area contributed by atoms with E-state index in [0.29, 0.717) is 23.5 Å². The van der Waals surface area contributed by atoms with Crippen LogP contribution in [-0.2, 0) is 4.74 Å². The van der Waals surface area contributed by atoms with E-state index in [-0.39, 0.29) is 16.4 Å². The SMILES string of the molecule is CCOc1ccccc1C(=O)c1cc([C@@H]2O[C@H](CO)[C@@H](O)[C@H](O)[C@H]2O)ccc1Cl. The van der Waals surface area contributed by atoms with Crippen LogP contribution < -0.4 is 4.74 Å². The van der Waals surface area contributed by atoms with E-state index < -0.39 is 37.1 Å². The van der Waals surface area contributed by atoms with Gasteiger partial charge in [0, 0.05) is 5.56 Å². The fraction of sp³-hybridized carbons (Fsp3) is 0.381. The van der Waals surface area contributed by atoms with Crippen molar-refractivity contribution in [3.63, 3.8) is 0 Å². The van der Waals surface area contributed by atoms with Crippen LogP contribution in [0.1, 0.15) is 34.5 Å². The zero-order valence-corrected chi connectivity index (χ0v) is 16.5. The quantitative estimate of drug-likeness (QED) is 0.521. The first kappa shape index (κ1) is 21.7. The summed E-state index contributed by atoms with van der Waals surface area (Å²) >= 11 is 6.26. The number of para-hydroxylation sites is 1. The monoisotopic (exact) mass is 422 g/mol. The van der Waals surface area contributed by atoms with Gasteiger partial charge in [-0.1, -0.05) is 29.8 Å². The number of hydrogen-bond acceptors (Lipinski definition) is 7. The largest absolute Gasteiger partial charge is 0.493 e. The zero-order chi connectivity index (χ0) is 21.1. The lowest BCUT2D eigenvalue weighted by atomic mass is 9.90. The highest BCUT2D eigenvalue weighted by Crippen LogP contribution is 2.35. The molecule has 0 unspecified atom stereocenters. The van der Waals surface area contributed by atoms with Crippen molar-refractivity contribution in [2.75, 3.05) is 13.2 Å². The molecule has 4 N–H and O–H groups in total. The summed E-state index contributed by atoms with van der Waals surface area (Å²) in [5.74, 6) is 0.0554. The van der Waals surface area contributed by atoms with E-state index in [4.69, 9.17) is 21.1 Å². The van der Waals surface area contributed by atoms with Crippen molar-refractivity contribution in [1.82, 2.24) is 0 Å². The van der Waals surface area contributed by atoms with Gasteiger partial charge in [0.05, 0.1) is 23.8 Å². The number of carbonyl (C=O) groups excluding carboxylic acids is 1. The molecular formula is C21H23ClO7. The Labute approximate surface area is 173 Å². The molecule has 1 aliphatic rings. The zero-order valence-electron chi connectivity index (χ0n) is 15.7. The van der Waals surface area contributed by atoms with Crippen LogP contribution in [0.4, 0.5) is 0 Å². The van der Waals surface area contributed by atoms with Crippen LogP contribution in [0.15, 0.2) is 42.5 Å². The standard InChI is InChI=1S/C21H23ClO7/c1-2-28-15-6-4-3-5-12(15)17(24)13-9-11(7-8-14(13)22)21-20(27)19(26)18(25)16(10-23)29-21/h3-9,16,18-21,23,25-27H,2,10H2,1H3/t16-,18-,19+,20-,21+/m1/s1. The van der Waals surface area contributed by atoms with Crippen molar-refractivity contribution >= 4 is 17.4 Å². The number of benzene rings is 2. The van der Waals surface area contributed by atoms with Gasteiger partial charge in [-0.3, -0.25) is 4.79 Å². The number of ether oxygens (including phenoxy) is 2. The summed E-state index contributed by atoms with van der Waals surface area (Å²) < 4.78 is 11.1. The minimum absolute atomic E-state index is 0.174. The summed E-state index contributed by atoms with van der Waals surface area (Å²) in [6.45, 7) is 1.67. The number of carbonyl (C=O) groups is 1. The Balaban J connectivity index is 1.98. The van der Waals surface area contributed by atoms with Gasteiger partial charge in [0.25, 0.3) is 0 Å². The normalized spacial score (nSPS) is 26.9. The van der Waals surface area contributed by atoms with Crippen LogP contribution in [0.3, 0.4) is 0 Å². The molecule has 8 heteroatoms. The maximum Gasteiger partial charge on any atom is 0.198 e. The Morgan fingerprint density at radius 2 is 1.79 bits per heavy atom. The first-order valence-electron chi connectivity index (χ1n) is 9.25. The third-order valence-electron chi connectivity index (χ3n) is 4.89. The Bertz CT molecular complexity index is 870. The van der Waals surface area contributed by atoms with Crippen molar-refractivity contribution in [2.45, 2.75) is 37.4 Å². The lowest BCUT2D eigenvalue weighted by Gasteiger charge is -2.40. The molecule has 1 heterocycles. The van der Waals surface area contributed by atoms with Gasteiger partial charge in [-0.05, 0) is 36.8 Å². The maximum absolute atomic E-state index is 13.1. The highest BCUT2D eigenvalue weighted by atomic mass is 35.5. The van der Waals surface area contributed by atoms with Gasteiger partial charge in [0.2, 0.25) is 0 Å². The predicted molar refractivity (Wildman–Crippen MR) is 105 cm³/mol. The molecule has 1 saturated heterocycles. The van der Waals surface area contributed by atoms with Gasteiger partial charge in [-0.15, -0.1) is 0 Å². The predicted octanol–water partition coefficient (Wildman–Crippen LogP) is 1.48. The van der Waals surface area contributed by atoms with Crippen molar-refractivity contribution < 1.29 is 34.7 Å². The highest BCUT2D eigenvalue weighted by Gasteiger charge is 2.44. The van der Waals surface area contributed by atoms with E-state index in [1.54, 1.807) is 30.3 Å². The molecule has 2 aromatic rings. The number of rotatable bonds is 6. The first-order chi connectivity index (χ1) is 13.9. The van der Waals surface area contributed by atoms with Gasteiger partial charge >= 0.3 is 0 Å². The Hall–Kier alpha value is -2.00. The fourth-order valence-electron chi connectivity index (χ4n) is 3.35. The van der Waals surface area contributed by atoms with E-state index in [0.717, 1.165) is 0 Å². The lowest BCUT2D eigenvalue weighted by molar-refractivity contribution is -0.231. The Morgan fingerprint density at radius 1 is 1.07 bits per heavy atom. The summed E-state index contributed by atoms with van der Waals surface area (Å²) in [5.41, 5.74) is 0.888. The van der Waals surface area contributed by atoms with E-state index in [9.17, 15) is 25.2 Å². The smallest absolute Gasteiger partial charge is 0.198 e. The van der Waals surface area contributed by atoms with Crippen molar-refractivity contribution in [2.24, 2.45) is 0 Å². The van der Waals surface area contributed by atoms with Crippen LogP contribution in [-0.4, -0.2) is 63.8 Å². The van der Waals surface area contributed by atoms with Crippen molar-refractivity contribution in [3.05, 3.63) is 64.2 Å². The molecule has 0 aromatic heterocycles. The second kappa shape index (κ2) is 9.21. The minimum Gasteiger partial charge on any atom is -0.493 e. The number of aliphatic hydroxyl groups is 4. The topological polar surface area (TPSA) is 116 Å². The Kier molecular flexibility index (Phi) is 6.89. The second-order valence-corrected chi connectivity index (χ2v) is 7.15. The van der Waals surface area contributed by atoms with E-state index in [1.807, 2.05) is 6.92 Å². The molecule has 1 aliphatic heterocycles. The molecule has 0 spiro atoms. The average molecular weight is 423 g/mol. The minimum atomic E-state index is -1.51. The first-order valence-corrected chi connectivity index (χ1v) is 9.63. The second-order valence-electron chi connectivity index (χ2n) is 6.75. The van der Waals surface area contributed by atoms with Gasteiger partial charge < -0.3 is 29.9 Å². The molecule has 3 rings (SSSR count). The van der Waals surface area contributed by atoms with Gasteiger partial charge in [0.15, 0.2) is 5.78 Å². The van der Waals surface area contributed by atoms with E-state index in [1.165, 1.54) is 12.1 Å². The fourth-order valence-corrected chi connectivity index (χ4v) is 3.56. The molecule has 156 valence electrons. The molecule has 0 bridgehead atoms. The van der Waals surface area contributed by atoms with Gasteiger partial charge in [-0.25, -0.2) is 0 Å². The van der Waals surface area contributed by atoms with Crippen LogP contribution in [0.25, 0.3) is 0 Å². The number of ketones is 1. The lowest BCUT2D eigenvalue weighted by Crippen LogP contribution is -2.55. The van der Waals surface area contributed by atoms with Crippen LogP contribution in [0.2, 0.25) is 5.02 Å². The van der Waals surface area contributed by atoms with Gasteiger partial charge in [0.1, 0.15) is 36.3 Å². The van der Waals surface area contributed by atoms with Crippen LogP contribution >= 0.6 is 11.6 Å². The summed E-state index contributed by atoms with van der Waals surface area (Å²) in [5, 5.41) is 39.9. The van der Waals surface area contributed by atoms with Crippen LogP contribution in [0, 0.1) is 0 Å². The van der Waals surface area contributed by atoms with Crippen molar-refractivity contribution in [1.29, 1.82) is 0 Å². The molecular weight excluding hydrogens is 400 g/mol. The molecule has 0 amide bonds. The third kappa shape index (κ3) is 4.30. The average Bonchev–Trinajstić information content (AvgIpc) is 2.73.